The fourth-order valence-electron chi connectivity index (χ4n) is 2.63. The predicted molar refractivity (Wildman–Crippen MR) is 101 cm³/mol. The first-order chi connectivity index (χ1) is 12.0. The average molecular weight is 355 g/mol. The number of amides is 1. The molecule has 0 fully saturated rings. The van der Waals surface area contributed by atoms with Crippen molar-refractivity contribution < 1.29 is 4.79 Å². The molecule has 1 heterocycles. The number of carbonyl (C=O) groups excluding carboxylic acids is 1. The second-order valence-corrected chi connectivity index (χ2v) is 6.24. The summed E-state index contributed by atoms with van der Waals surface area (Å²) in [4.78, 5) is 40.4. The minimum atomic E-state index is -0.481. The highest BCUT2D eigenvalue weighted by Gasteiger charge is 2.12. The Kier molecular flexibility index (Phi) is 4.76. The number of hydrogen-bond donors (Lipinski definition) is 2. The molecule has 0 saturated heterocycles. The lowest BCUT2D eigenvalue weighted by atomic mass is 10.1. The van der Waals surface area contributed by atoms with Crippen molar-refractivity contribution in [2.45, 2.75) is 18.4 Å². The molecule has 0 aliphatic heterocycles. The van der Waals surface area contributed by atoms with Crippen molar-refractivity contribution in [1.29, 1.82) is 0 Å². The number of H-pyrrole nitrogens is 1. The Balaban J connectivity index is 2.00. The summed E-state index contributed by atoms with van der Waals surface area (Å²) in [5.41, 5.74) is 0.597. The van der Waals surface area contributed by atoms with Gasteiger partial charge in [-0.25, -0.2) is 4.79 Å². The molecule has 3 aromatic rings. The summed E-state index contributed by atoms with van der Waals surface area (Å²) in [7, 11) is 0. The lowest BCUT2D eigenvalue weighted by molar-refractivity contribution is 0.102. The number of fused-ring (bicyclic) bond motifs is 1. The Labute approximate surface area is 147 Å². The third-order valence-corrected chi connectivity index (χ3v) is 4.71. The van der Waals surface area contributed by atoms with Gasteiger partial charge in [0.1, 0.15) is 0 Å². The van der Waals surface area contributed by atoms with Gasteiger partial charge in [0.05, 0.1) is 16.6 Å². The van der Waals surface area contributed by atoms with E-state index in [4.69, 9.17) is 0 Å². The third-order valence-electron chi connectivity index (χ3n) is 3.92. The van der Waals surface area contributed by atoms with E-state index in [1.165, 1.54) is 17.8 Å². The number of benzene rings is 2. The summed E-state index contributed by atoms with van der Waals surface area (Å²) in [6.45, 7) is 2.02. The fourth-order valence-corrected chi connectivity index (χ4v) is 3.18. The number of nitrogens with zero attached hydrogens (tertiary/aromatic N) is 1. The van der Waals surface area contributed by atoms with Crippen molar-refractivity contribution in [3.05, 3.63) is 68.9 Å². The Hall–Kier alpha value is -2.80. The molecule has 6 nitrogen and oxygen atoms in total. The second-order valence-electron chi connectivity index (χ2n) is 5.39. The van der Waals surface area contributed by atoms with Crippen LogP contribution in [0.3, 0.4) is 0 Å². The van der Waals surface area contributed by atoms with E-state index in [1.807, 2.05) is 30.5 Å². The van der Waals surface area contributed by atoms with Crippen LogP contribution in [0, 0.1) is 0 Å². The Morgan fingerprint density at radius 1 is 1.20 bits per heavy atom. The Bertz CT molecular complexity index is 1070. The quantitative estimate of drug-likeness (QED) is 0.705. The molecule has 0 radical (unpaired) electrons. The fraction of sp³-hybridized carbons (Fsp3) is 0.167. The van der Waals surface area contributed by atoms with Gasteiger partial charge in [-0.3, -0.25) is 14.2 Å². The summed E-state index contributed by atoms with van der Waals surface area (Å²) < 4.78 is 1.12. The van der Waals surface area contributed by atoms with Crippen LogP contribution in [0.5, 0.6) is 0 Å². The van der Waals surface area contributed by atoms with Crippen molar-refractivity contribution in [2.24, 2.45) is 0 Å². The first-order valence-corrected chi connectivity index (χ1v) is 8.99. The van der Waals surface area contributed by atoms with Gasteiger partial charge in [-0.15, -0.1) is 11.8 Å². The SMILES string of the molecule is CCn1c(=O)[nH]c2cc(C(=O)Nc3ccccc3SC)ccc2c1=O. The molecule has 0 aliphatic carbocycles. The molecule has 128 valence electrons. The first-order valence-electron chi connectivity index (χ1n) is 7.76. The highest BCUT2D eigenvalue weighted by molar-refractivity contribution is 7.98. The van der Waals surface area contributed by atoms with E-state index in [-0.39, 0.29) is 18.0 Å². The molecule has 2 aromatic carbocycles. The number of rotatable bonds is 4. The summed E-state index contributed by atoms with van der Waals surface area (Å²) >= 11 is 1.54. The zero-order valence-electron chi connectivity index (χ0n) is 13.8. The molecule has 0 saturated carbocycles. The molecular formula is C18H17N3O3S. The summed E-state index contributed by atoms with van der Waals surface area (Å²) in [6.07, 6.45) is 1.94. The van der Waals surface area contributed by atoms with Crippen LogP contribution in [-0.2, 0) is 6.54 Å². The Morgan fingerprint density at radius 2 is 1.96 bits per heavy atom. The van der Waals surface area contributed by atoms with Gasteiger partial charge in [0, 0.05) is 17.0 Å². The monoisotopic (exact) mass is 355 g/mol. The number of aromatic amines is 1. The van der Waals surface area contributed by atoms with Crippen molar-refractivity contribution >= 4 is 34.3 Å². The number of para-hydroxylation sites is 1. The zero-order valence-corrected chi connectivity index (χ0v) is 14.6. The maximum Gasteiger partial charge on any atom is 0.328 e. The topological polar surface area (TPSA) is 84.0 Å². The molecule has 0 bridgehead atoms. The lowest BCUT2D eigenvalue weighted by Crippen LogP contribution is -2.34. The largest absolute Gasteiger partial charge is 0.328 e. The lowest BCUT2D eigenvalue weighted by Gasteiger charge is -2.10. The molecule has 0 aliphatic rings. The summed E-state index contributed by atoms with van der Waals surface area (Å²) in [6, 6.07) is 12.2. The number of carbonyl (C=O) groups is 1. The number of aromatic nitrogens is 2. The highest BCUT2D eigenvalue weighted by Crippen LogP contribution is 2.25. The van der Waals surface area contributed by atoms with Crippen LogP contribution in [0.25, 0.3) is 10.9 Å². The minimum absolute atomic E-state index is 0.289. The minimum Gasteiger partial charge on any atom is -0.321 e. The van der Waals surface area contributed by atoms with Gasteiger partial charge in [-0.2, -0.15) is 0 Å². The van der Waals surface area contributed by atoms with E-state index < -0.39 is 5.69 Å². The summed E-state index contributed by atoms with van der Waals surface area (Å²) in [5, 5.41) is 3.24. The summed E-state index contributed by atoms with van der Waals surface area (Å²) in [5.74, 6) is -0.302. The van der Waals surface area contributed by atoms with Gasteiger partial charge in [0.2, 0.25) is 0 Å². The van der Waals surface area contributed by atoms with Gasteiger partial charge in [0.15, 0.2) is 0 Å². The maximum absolute atomic E-state index is 12.5. The number of thioether (sulfide) groups is 1. The van der Waals surface area contributed by atoms with Crippen molar-refractivity contribution in [3.8, 4) is 0 Å². The first kappa shape index (κ1) is 17.0. The van der Waals surface area contributed by atoms with Gasteiger partial charge < -0.3 is 10.3 Å². The molecule has 2 N–H and O–H groups in total. The number of hydrogen-bond acceptors (Lipinski definition) is 4. The van der Waals surface area contributed by atoms with Crippen LogP contribution in [0.4, 0.5) is 5.69 Å². The van der Waals surface area contributed by atoms with Crippen LogP contribution < -0.4 is 16.6 Å². The van der Waals surface area contributed by atoms with E-state index in [2.05, 4.69) is 10.3 Å². The molecule has 0 atom stereocenters. The van der Waals surface area contributed by atoms with Gasteiger partial charge >= 0.3 is 5.69 Å². The molecular weight excluding hydrogens is 338 g/mol. The van der Waals surface area contributed by atoms with E-state index in [1.54, 1.807) is 19.1 Å². The molecule has 3 rings (SSSR count). The Morgan fingerprint density at radius 3 is 2.68 bits per heavy atom. The third kappa shape index (κ3) is 3.23. The van der Waals surface area contributed by atoms with Crippen LogP contribution >= 0.6 is 11.8 Å². The van der Waals surface area contributed by atoms with Gasteiger partial charge in [-0.1, -0.05) is 12.1 Å². The van der Waals surface area contributed by atoms with Crippen molar-refractivity contribution in [3.63, 3.8) is 0 Å². The molecule has 1 amide bonds. The molecule has 1 aromatic heterocycles. The van der Waals surface area contributed by atoms with E-state index in [0.717, 1.165) is 15.1 Å². The average Bonchev–Trinajstić information content (AvgIpc) is 2.62. The second kappa shape index (κ2) is 6.98. The van der Waals surface area contributed by atoms with Gasteiger partial charge in [0.25, 0.3) is 11.5 Å². The standard InChI is InChI=1S/C18H17N3O3S/c1-3-21-17(23)12-9-8-11(10-14(12)20-18(21)24)16(22)19-13-6-4-5-7-15(13)25-2/h4-10H,3H2,1-2H3,(H,19,22)(H,20,24). The highest BCUT2D eigenvalue weighted by atomic mass is 32.2. The number of nitrogens with one attached hydrogen (secondary N) is 2. The van der Waals surface area contributed by atoms with Crippen LogP contribution in [0.15, 0.2) is 56.9 Å². The van der Waals surface area contributed by atoms with E-state index in [9.17, 15) is 14.4 Å². The van der Waals surface area contributed by atoms with Gasteiger partial charge in [-0.05, 0) is 43.5 Å². The molecule has 7 heteroatoms. The predicted octanol–water partition coefficient (Wildman–Crippen LogP) is 2.68. The zero-order chi connectivity index (χ0) is 18.0. The maximum atomic E-state index is 12.5. The molecule has 0 unspecified atom stereocenters. The van der Waals surface area contributed by atoms with E-state index in [0.29, 0.717) is 16.5 Å². The smallest absolute Gasteiger partial charge is 0.321 e. The normalized spacial score (nSPS) is 10.8. The van der Waals surface area contributed by atoms with Crippen LogP contribution in [-0.4, -0.2) is 21.7 Å². The molecule has 0 spiro atoms. The van der Waals surface area contributed by atoms with Crippen LogP contribution in [0.1, 0.15) is 17.3 Å². The number of anilines is 1. The van der Waals surface area contributed by atoms with Crippen molar-refractivity contribution in [1.82, 2.24) is 9.55 Å². The van der Waals surface area contributed by atoms with Crippen LogP contribution in [0.2, 0.25) is 0 Å². The van der Waals surface area contributed by atoms with E-state index >= 15 is 0 Å². The molecule has 25 heavy (non-hydrogen) atoms. The van der Waals surface area contributed by atoms with Crippen molar-refractivity contribution in [2.75, 3.05) is 11.6 Å².